The van der Waals surface area contributed by atoms with Crippen molar-refractivity contribution in [2.75, 3.05) is 11.1 Å². The lowest BCUT2D eigenvalue weighted by atomic mass is 10.2. The zero-order chi connectivity index (χ0) is 12.6. The average molecular weight is 244 g/mol. The van der Waals surface area contributed by atoms with Crippen LogP contribution in [0.1, 0.15) is 0 Å². The first kappa shape index (κ1) is 11.3. The van der Waals surface area contributed by atoms with Crippen molar-refractivity contribution in [3.05, 3.63) is 34.7 Å². The second-order valence-electron chi connectivity index (χ2n) is 3.36. The molecule has 0 saturated heterocycles. The van der Waals surface area contributed by atoms with Crippen molar-refractivity contribution >= 4 is 22.3 Å². The Morgan fingerprint density at radius 2 is 1.94 bits per heavy atom. The van der Waals surface area contributed by atoms with Gasteiger partial charge in [-0.25, -0.2) is 4.79 Å². The Morgan fingerprint density at radius 3 is 2.59 bits per heavy atom. The molecule has 0 unspecified atom stereocenters. The smallest absolute Gasteiger partial charge is 0.423 e. The van der Waals surface area contributed by atoms with Crippen molar-refractivity contribution in [2.45, 2.75) is 6.30 Å². The van der Waals surface area contributed by atoms with Crippen LogP contribution in [-0.2, 0) is 0 Å². The predicted octanol–water partition coefficient (Wildman–Crippen LogP) is 2.31. The molecule has 2 rings (SSSR count). The molecule has 0 saturated carbocycles. The number of anilines is 2. The summed E-state index contributed by atoms with van der Waals surface area (Å²) >= 11 is 0. The minimum absolute atomic E-state index is 0.00394. The van der Waals surface area contributed by atoms with E-state index in [9.17, 15) is 18.0 Å². The number of nitrogen functional groups attached to an aromatic ring is 1. The maximum absolute atomic E-state index is 12.2. The van der Waals surface area contributed by atoms with E-state index < -0.39 is 11.9 Å². The molecule has 4 nitrogen and oxygen atoms in total. The fourth-order valence-electron chi connectivity index (χ4n) is 1.44. The summed E-state index contributed by atoms with van der Waals surface area (Å²) in [6.07, 6.45) is -4.62. The van der Waals surface area contributed by atoms with Crippen molar-refractivity contribution < 1.29 is 17.6 Å². The van der Waals surface area contributed by atoms with Crippen LogP contribution < -0.4 is 16.7 Å². The van der Waals surface area contributed by atoms with Gasteiger partial charge in [0.05, 0.1) is 5.69 Å². The van der Waals surface area contributed by atoms with Crippen molar-refractivity contribution in [2.24, 2.45) is 0 Å². The normalized spacial score (nSPS) is 11.7. The highest BCUT2D eigenvalue weighted by Crippen LogP contribution is 2.27. The highest BCUT2D eigenvalue weighted by atomic mass is 19.4. The molecular weight excluding hydrogens is 237 g/mol. The van der Waals surface area contributed by atoms with Crippen LogP contribution >= 0.6 is 0 Å². The molecule has 1 aromatic carbocycles. The second kappa shape index (κ2) is 3.69. The van der Waals surface area contributed by atoms with Gasteiger partial charge in [-0.1, -0.05) is 0 Å². The van der Waals surface area contributed by atoms with Gasteiger partial charge in [-0.3, -0.25) is 5.32 Å². The first-order valence-electron chi connectivity index (χ1n) is 4.53. The van der Waals surface area contributed by atoms with Crippen LogP contribution in [0.5, 0.6) is 0 Å². The SMILES string of the molecule is Nc1ccc2c(NC(F)(F)F)cc(=O)oc2c1. The van der Waals surface area contributed by atoms with Crippen molar-refractivity contribution in [3.8, 4) is 0 Å². The molecule has 0 spiro atoms. The van der Waals surface area contributed by atoms with E-state index in [2.05, 4.69) is 0 Å². The van der Waals surface area contributed by atoms with Gasteiger partial charge in [-0.15, -0.1) is 0 Å². The number of benzene rings is 1. The lowest BCUT2D eigenvalue weighted by Gasteiger charge is -2.11. The molecule has 0 amide bonds. The number of fused-ring (bicyclic) bond motifs is 1. The van der Waals surface area contributed by atoms with Crippen LogP contribution in [0, 0.1) is 0 Å². The second-order valence-corrected chi connectivity index (χ2v) is 3.36. The summed E-state index contributed by atoms with van der Waals surface area (Å²) < 4.78 is 41.4. The molecule has 90 valence electrons. The van der Waals surface area contributed by atoms with E-state index in [0.29, 0.717) is 5.69 Å². The molecule has 2 aromatic rings. The van der Waals surface area contributed by atoms with Crippen LogP contribution in [0.2, 0.25) is 0 Å². The molecule has 0 aliphatic rings. The van der Waals surface area contributed by atoms with E-state index in [0.717, 1.165) is 6.07 Å². The summed E-state index contributed by atoms with van der Waals surface area (Å²) in [7, 11) is 0. The van der Waals surface area contributed by atoms with Crippen LogP contribution in [0.4, 0.5) is 24.5 Å². The van der Waals surface area contributed by atoms with Gasteiger partial charge in [0.2, 0.25) is 0 Å². The Labute approximate surface area is 92.8 Å². The highest BCUT2D eigenvalue weighted by Gasteiger charge is 2.28. The Balaban J connectivity index is 2.66. The zero-order valence-electron chi connectivity index (χ0n) is 8.34. The Kier molecular flexibility index (Phi) is 2.45. The topological polar surface area (TPSA) is 68.3 Å². The predicted molar refractivity (Wildman–Crippen MR) is 56.6 cm³/mol. The van der Waals surface area contributed by atoms with Gasteiger partial charge in [0.1, 0.15) is 5.58 Å². The third kappa shape index (κ3) is 2.49. The fraction of sp³-hybridized carbons (Fsp3) is 0.100. The Hall–Kier alpha value is -2.18. The summed E-state index contributed by atoms with van der Waals surface area (Å²) in [5.41, 5.74) is 4.51. The van der Waals surface area contributed by atoms with Gasteiger partial charge in [0, 0.05) is 23.2 Å². The van der Waals surface area contributed by atoms with Gasteiger partial charge in [0.25, 0.3) is 0 Å². The largest absolute Gasteiger partial charge is 0.482 e. The number of hydrogen-bond acceptors (Lipinski definition) is 4. The number of nitrogens with two attached hydrogens (primary N) is 1. The van der Waals surface area contributed by atoms with E-state index in [-0.39, 0.29) is 16.7 Å². The Morgan fingerprint density at radius 1 is 1.24 bits per heavy atom. The Bertz CT molecular complexity index is 619. The van der Waals surface area contributed by atoms with Gasteiger partial charge in [0.15, 0.2) is 0 Å². The number of hydrogen-bond donors (Lipinski definition) is 2. The molecule has 0 bridgehead atoms. The number of halogens is 3. The van der Waals surface area contributed by atoms with Gasteiger partial charge in [-0.2, -0.15) is 13.2 Å². The fourth-order valence-corrected chi connectivity index (χ4v) is 1.44. The molecule has 0 fully saturated rings. The van der Waals surface area contributed by atoms with Gasteiger partial charge >= 0.3 is 11.9 Å². The number of alkyl halides is 3. The number of nitrogens with one attached hydrogen (secondary N) is 1. The quantitative estimate of drug-likeness (QED) is 0.459. The molecule has 0 aliphatic heterocycles. The van der Waals surface area contributed by atoms with Crippen LogP contribution in [0.25, 0.3) is 11.0 Å². The van der Waals surface area contributed by atoms with E-state index >= 15 is 0 Å². The summed E-state index contributed by atoms with van der Waals surface area (Å²) in [5, 5.41) is 1.42. The minimum Gasteiger partial charge on any atom is -0.423 e. The first-order valence-corrected chi connectivity index (χ1v) is 4.53. The summed E-state index contributed by atoms with van der Waals surface area (Å²) in [4.78, 5) is 11.1. The molecule has 1 heterocycles. The maximum atomic E-state index is 12.2. The lowest BCUT2D eigenvalue weighted by molar-refractivity contribution is -0.0998. The zero-order valence-corrected chi connectivity index (χ0v) is 8.34. The molecular formula is C10H7F3N2O2. The van der Waals surface area contributed by atoms with E-state index in [4.69, 9.17) is 10.2 Å². The van der Waals surface area contributed by atoms with Crippen molar-refractivity contribution in [1.29, 1.82) is 0 Å². The lowest BCUT2D eigenvalue weighted by Crippen LogP contribution is -2.21. The van der Waals surface area contributed by atoms with E-state index in [1.165, 1.54) is 23.5 Å². The summed E-state index contributed by atoms with van der Waals surface area (Å²) in [6, 6.07) is 4.80. The molecule has 7 heteroatoms. The monoisotopic (exact) mass is 244 g/mol. The summed E-state index contributed by atoms with van der Waals surface area (Å²) in [5.74, 6) is 0. The minimum atomic E-state index is -4.62. The first-order chi connectivity index (χ1) is 7.85. The standard InChI is InChI=1S/C10H7F3N2O2/c11-10(12,13)15-7-4-9(16)17-8-3-5(14)1-2-6(7)8/h1-4,15H,14H2. The highest BCUT2D eigenvalue weighted by molar-refractivity contribution is 5.91. The molecule has 0 atom stereocenters. The van der Waals surface area contributed by atoms with Crippen LogP contribution in [0.3, 0.4) is 0 Å². The molecule has 0 radical (unpaired) electrons. The van der Waals surface area contributed by atoms with Crippen molar-refractivity contribution in [1.82, 2.24) is 0 Å². The van der Waals surface area contributed by atoms with E-state index in [1.54, 1.807) is 0 Å². The average Bonchev–Trinajstić information content (AvgIpc) is 2.13. The van der Waals surface area contributed by atoms with Crippen molar-refractivity contribution in [3.63, 3.8) is 0 Å². The molecule has 3 N–H and O–H groups in total. The third-order valence-electron chi connectivity index (χ3n) is 2.04. The number of rotatable bonds is 1. The van der Waals surface area contributed by atoms with E-state index in [1.807, 2.05) is 0 Å². The third-order valence-corrected chi connectivity index (χ3v) is 2.04. The molecule has 1 aromatic heterocycles. The van der Waals surface area contributed by atoms with Crippen LogP contribution in [-0.4, -0.2) is 6.30 Å². The van der Waals surface area contributed by atoms with Gasteiger partial charge < -0.3 is 10.2 Å². The molecule has 0 aliphatic carbocycles. The van der Waals surface area contributed by atoms with Crippen LogP contribution in [0.15, 0.2) is 33.5 Å². The van der Waals surface area contributed by atoms with Gasteiger partial charge in [-0.05, 0) is 12.1 Å². The molecule has 17 heavy (non-hydrogen) atoms. The summed E-state index contributed by atoms with van der Waals surface area (Å²) in [6.45, 7) is 0. The maximum Gasteiger partial charge on any atom is 0.482 e.